The first-order chi connectivity index (χ1) is 4.83. The predicted octanol–water partition coefficient (Wildman–Crippen LogP) is 1.74. The van der Waals surface area contributed by atoms with Crippen molar-refractivity contribution in [1.29, 1.82) is 0 Å². The minimum atomic E-state index is -0.0211. The van der Waals surface area contributed by atoms with Crippen LogP contribution < -0.4 is 0 Å². The molecule has 0 atom stereocenters. The molecule has 2 nitrogen and oxygen atoms in total. The Balaban J connectivity index is 2.05. The molecule has 1 saturated carbocycles. The summed E-state index contributed by atoms with van der Waals surface area (Å²) < 4.78 is 4.81. The molecule has 0 saturated heterocycles. The van der Waals surface area contributed by atoms with Gasteiger partial charge in [0.15, 0.2) is 0 Å². The quantitative estimate of drug-likeness (QED) is 0.561. The molecule has 1 fully saturated rings. The van der Waals surface area contributed by atoms with E-state index in [0.717, 1.165) is 0 Å². The van der Waals surface area contributed by atoms with E-state index in [1.165, 1.54) is 19.3 Å². The molecule has 10 heavy (non-hydrogen) atoms. The fraction of sp³-hybridized carbons (Fsp3) is 0.875. The molecular formula is C8H14O2. The van der Waals surface area contributed by atoms with Crippen LogP contribution >= 0.6 is 0 Å². The van der Waals surface area contributed by atoms with E-state index < -0.39 is 0 Å². The maximum Gasteiger partial charge on any atom is 0.306 e. The van der Waals surface area contributed by atoms with Crippen molar-refractivity contribution >= 4 is 5.97 Å². The molecule has 0 unspecified atom stereocenters. The average molecular weight is 142 g/mol. The van der Waals surface area contributed by atoms with Crippen molar-refractivity contribution in [2.75, 3.05) is 6.61 Å². The van der Waals surface area contributed by atoms with Gasteiger partial charge in [-0.25, -0.2) is 0 Å². The van der Waals surface area contributed by atoms with E-state index in [-0.39, 0.29) is 5.97 Å². The van der Waals surface area contributed by atoms with Crippen molar-refractivity contribution in [2.45, 2.75) is 32.6 Å². The molecule has 1 aliphatic carbocycles. The summed E-state index contributed by atoms with van der Waals surface area (Å²) in [7, 11) is 0. The summed E-state index contributed by atoms with van der Waals surface area (Å²) in [6, 6.07) is 0. The lowest BCUT2D eigenvalue weighted by Crippen LogP contribution is -2.17. The minimum absolute atomic E-state index is 0.0211. The Morgan fingerprint density at radius 1 is 1.60 bits per heavy atom. The average Bonchev–Trinajstić information content (AvgIpc) is 1.80. The van der Waals surface area contributed by atoms with Crippen LogP contribution in [0, 0.1) is 5.92 Å². The lowest BCUT2D eigenvalue weighted by molar-refractivity contribution is -0.144. The van der Waals surface area contributed by atoms with E-state index >= 15 is 0 Å². The maximum absolute atomic E-state index is 10.8. The van der Waals surface area contributed by atoms with E-state index in [2.05, 4.69) is 0 Å². The monoisotopic (exact) mass is 142 g/mol. The highest BCUT2D eigenvalue weighted by Crippen LogP contribution is 2.29. The van der Waals surface area contributed by atoms with Crippen molar-refractivity contribution in [2.24, 2.45) is 5.92 Å². The molecule has 0 amide bonds. The SMILES string of the molecule is CCOC(=O)CC1CCC1. The van der Waals surface area contributed by atoms with Gasteiger partial charge in [-0.05, 0) is 25.7 Å². The summed E-state index contributed by atoms with van der Waals surface area (Å²) in [5.41, 5.74) is 0. The van der Waals surface area contributed by atoms with Crippen molar-refractivity contribution < 1.29 is 9.53 Å². The van der Waals surface area contributed by atoms with E-state index in [1.807, 2.05) is 6.92 Å². The summed E-state index contributed by atoms with van der Waals surface area (Å²) in [5.74, 6) is 0.617. The molecule has 1 aliphatic rings. The molecule has 0 bridgehead atoms. The van der Waals surface area contributed by atoms with Crippen molar-refractivity contribution in [3.05, 3.63) is 0 Å². The molecule has 0 spiro atoms. The van der Waals surface area contributed by atoms with Crippen LogP contribution in [0.25, 0.3) is 0 Å². The first-order valence-electron chi connectivity index (χ1n) is 3.98. The van der Waals surface area contributed by atoms with Gasteiger partial charge in [0, 0.05) is 6.42 Å². The van der Waals surface area contributed by atoms with Crippen LogP contribution in [0.15, 0.2) is 0 Å². The number of ether oxygens (including phenoxy) is 1. The first kappa shape index (κ1) is 7.58. The molecule has 1 rings (SSSR count). The van der Waals surface area contributed by atoms with Gasteiger partial charge < -0.3 is 4.74 Å². The first-order valence-corrected chi connectivity index (χ1v) is 3.98. The van der Waals surface area contributed by atoms with Crippen molar-refractivity contribution in [3.8, 4) is 0 Å². The van der Waals surface area contributed by atoms with Gasteiger partial charge in [0.25, 0.3) is 0 Å². The molecule has 2 heteroatoms. The molecule has 0 heterocycles. The summed E-state index contributed by atoms with van der Waals surface area (Å²) >= 11 is 0. The zero-order valence-electron chi connectivity index (χ0n) is 6.43. The van der Waals surface area contributed by atoms with Crippen LogP contribution in [0.5, 0.6) is 0 Å². The highest BCUT2D eigenvalue weighted by Gasteiger charge is 2.20. The number of carbonyl (C=O) groups excluding carboxylic acids is 1. The Labute approximate surface area is 61.6 Å². The van der Waals surface area contributed by atoms with Crippen LogP contribution in [-0.2, 0) is 9.53 Å². The van der Waals surface area contributed by atoms with Gasteiger partial charge >= 0.3 is 5.97 Å². The molecule has 0 aromatic carbocycles. The van der Waals surface area contributed by atoms with E-state index in [4.69, 9.17) is 4.74 Å². The van der Waals surface area contributed by atoms with Crippen LogP contribution in [-0.4, -0.2) is 12.6 Å². The van der Waals surface area contributed by atoms with Gasteiger partial charge in [0.2, 0.25) is 0 Å². The van der Waals surface area contributed by atoms with Crippen molar-refractivity contribution in [3.63, 3.8) is 0 Å². The molecule has 58 valence electrons. The lowest BCUT2D eigenvalue weighted by Gasteiger charge is -2.23. The Morgan fingerprint density at radius 3 is 2.70 bits per heavy atom. The van der Waals surface area contributed by atoms with Crippen LogP contribution in [0.1, 0.15) is 32.6 Å². The standard InChI is InChI=1S/C8H14O2/c1-2-10-8(9)6-7-4-3-5-7/h7H,2-6H2,1H3. The highest BCUT2D eigenvalue weighted by molar-refractivity contribution is 5.69. The Kier molecular flexibility index (Phi) is 2.72. The minimum Gasteiger partial charge on any atom is -0.466 e. The van der Waals surface area contributed by atoms with Crippen molar-refractivity contribution in [1.82, 2.24) is 0 Å². The second-order valence-corrected chi connectivity index (χ2v) is 2.81. The summed E-state index contributed by atoms with van der Waals surface area (Å²) in [4.78, 5) is 10.8. The van der Waals surface area contributed by atoms with Gasteiger partial charge in [0.1, 0.15) is 0 Å². The van der Waals surface area contributed by atoms with Gasteiger partial charge in [0.05, 0.1) is 6.61 Å². The smallest absolute Gasteiger partial charge is 0.306 e. The number of hydrogen-bond donors (Lipinski definition) is 0. The van der Waals surface area contributed by atoms with Crippen LogP contribution in [0.4, 0.5) is 0 Å². The summed E-state index contributed by atoms with van der Waals surface area (Å²) in [5, 5.41) is 0. The third kappa shape index (κ3) is 2.01. The second-order valence-electron chi connectivity index (χ2n) is 2.81. The third-order valence-electron chi connectivity index (χ3n) is 1.99. The Hall–Kier alpha value is -0.530. The van der Waals surface area contributed by atoms with Crippen LogP contribution in [0.2, 0.25) is 0 Å². The summed E-state index contributed by atoms with van der Waals surface area (Å²) in [6.07, 6.45) is 4.38. The Bertz CT molecular complexity index is 116. The summed E-state index contributed by atoms with van der Waals surface area (Å²) in [6.45, 7) is 2.37. The van der Waals surface area contributed by atoms with Crippen LogP contribution in [0.3, 0.4) is 0 Å². The maximum atomic E-state index is 10.8. The number of carbonyl (C=O) groups is 1. The molecular weight excluding hydrogens is 128 g/mol. The Morgan fingerprint density at radius 2 is 2.30 bits per heavy atom. The zero-order valence-corrected chi connectivity index (χ0v) is 6.43. The predicted molar refractivity (Wildman–Crippen MR) is 38.6 cm³/mol. The number of hydrogen-bond acceptors (Lipinski definition) is 2. The van der Waals surface area contributed by atoms with Gasteiger partial charge in [-0.15, -0.1) is 0 Å². The topological polar surface area (TPSA) is 26.3 Å². The van der Waals surface area contributed by atoms with E-state index in [0.29, 0.717) is 18.9 Å². The fourth-order valence-electron chi connectivity index (χ4n) is 1.15. The van der Waals surface area contributed by atoms with Gasteiger partial charge in [-0.3, -0.25) is 4.79 Å². The number of rotatable bonds is 3. The fourth-order valence-corrected chi connectivity index (χ4v) is 1.15. The van der Waals surface area contributed by atoms with E-state index in [9.17, 15) is 4.79 Å². The lowest BCUT2D eigenvalue weighted by atomic mass is 9.83. The van der Waals surface area contributed by atoms with E-state index in [1.54, 1.807) is 0 Å². The number of esters is 1. The van der Waals surface area contributed by atoms with Gasteiger partial charge in [-0.2, -0.15) is 0 Å². The molecule has 0 aromatic rings. The second kappa shape index (κ2) is 3.59. The molecule has 0 aromatic heterocycles. The normalized spacial score (nSPS) is 18.1. The largest absolute Gasteiger partial charge is 0.466 e. The molecule has 0 radical (unpaired) electrons. The highest BCUT2D eigenvalue weighted by atomic mass is 16.5. The third-order valence-corrected chi connectivity index (χ3v) is 1.99. The molecule has 0 N–H and O–H groups in total. The molecule has 0 aliphatic heterocycles. The zero-order chi connectivity index (χ0) is 7.40. The van der Waals surface area contributed by atoms with Gasteiger partial charge in [-0.1, -0.05) is 6.42 Å².